The molecule has 1 aliphatic rings. The predicted molar refractivity (Wildman–Crippen MR) is 298 cm³/mol. The molecule has 340 valence electrons. The summed E-state index contributed by atoms with van der Waals surface area (Å²) in [6, 6.07) is 83.1. The summed E-state index contributed by atoms with van der Waals surface area (Å²) in [5.74, 6) is 0.455. The summed E-state index contributed by atoms with van der Waals surface area (Å²) in [6.45, 7) is 15.8. The van der Waals surface area contributed by atoms with Crippen LogP contribution in [0.4, 0.5) is 11.4 Å². The van der Waals surface area contributed by atoms with Crippen molar-refractivity contribution in [3.8, 4) is 44.5 Å². The summed E-state index contributed by atoms with van der Waals surface area (Å²) in [4.78, 5) is 2.51. The third kappa shape index (κ3) is 8.94. The molecule has 0 bridgehead atoms. The molecule has 1 nitrogen and oxygen atoms in total. The van der Waals surface area contributed by atoms with Crippen LogP contribution in [0.2, 0.25) is 0 Å². The van der Waals surface area contributed by atoms with Crippen LogP contribution < -0.4 is 4.90 Å². The van der Waals surface area contributed by atoms with E-state index in [1.807, 2.05) is 19.9 Å². The Kier molecular flexibility index (Phi) is 14.1. The third-order valence-corrected chi connectivity index (χ3v) is 14.1. The van der Waals surface area contributed by atoms with Gasteiger partial charge in [-0.2, -0.15) is 0 Å². The molecule has 69 heavy (non-hydrogen) atoms. The number of nitrogens with zero attached hydrogens (tertiary/aromatic N) is 1. The number of allylic oxidation sites excluding steroid dienone is 2. The maximum Gasteiger partial charge on any atom is 0.0713 e. The Balaban J connectivity index is 0.00000293. The van der Waals surface area contributed by atoms with Crippen LogP contribution in [0.1, 0.15) is 85.4 Å². The average Bonchev–Trinajstić information content (AvgIpc) is 3.72. The van der Waals surface area contributed by atoms with Crippen molar-refractivity contribution in [2.24, 2.45) is 0 Å². The number of benzene rings is 9. The van der Waals surface area contributed by atoms with Gasteiger partial charge in [0.2, 0.25) is 0 Å². The van der Waals surface area contributed by atoms with Gasteiger partial charge < -0.3 is 4.90 Å². The molecular weight excluding hydrogens is 831 g/mol. The zero-order valence-corrected chi connectivity index (χ0v) is 40.9. The Morgan fingerprint density at radius 1 is 0.522 bits per heavy atom. The first-order chi connectivity index (χ1) is 34.0. The maximum atomic E-state index is 4.11. The van der Waals surface area contributed by atoms with Gasteiger partial charge in [0.25, 0.3) is 0 Å². The highest BCUT2D eigenvalue weighted by Crippen LogP contribution is 2.56. The highest BCUT2D eigenvalue weighted by molar-refractivity contribution is 5.91. The standard InChI is InChI=1S/C66H57N.C2H6/c1-5-23-49(50-25-10-7-11-26-50)42-43-67(57-34-22-28-53(45-57)59-38-20-24-48(4)65(59)61-37-17-16-35-58(61)47(3)6-2)56-33-21-27-51(44-56)52-40-41-64-62(46-52)60-36-18-19-39-63(60)66(64,54-29-12-8-13-30-54)55-31-14-9-15-32-55;1-2/h5,7-41,44-47H,1,6,42-43H2,2-4H3;1-2H3/b49-23+;. The lowest BCUT2D eigenvalue weighted by molar-refractivity contribution is 0.735. The quantitative estimate of drug-likeness (QED) is 0.0983. The van der Waals surface area contributed by atoms with Crippen LogP contribution in [0.3, 0.4) is 0 Å². The van der Waals surface area contributed by atoms with Crippen molar-refractivity contribution in [1.82, 2.24) is 0 Å². The Morgan fingerprint density at radius 3 is 1.72 bits per heavy atom. The average molecular weight is 894 g/mol. The van der Waals surface area contributed by atoms with Gasteiger partial charge >= 0.3 is 0 Å². The Labute approximate surface area is 411 Å². The molecule has 9 aromatic carbocycles. The molecule has 0 radical (unpaired) electrons. The molecule has 0 fully saturated rings. The lowest BCUT2D eigenvalue weighted by Crippen LogP contribution is -2.28. The van der Waals surface area contributed by atoms with Gasteiger partial charge in [-0.25, -0.2) is 0 Å². The minimum Gasteiger partial charge on any atom is -0.341 e. The van der Waals surface area contributed by atoms with Gasteiger partial charge in [0.15, 0.2) is 0 Å². The van der Waals surface area contributed by atoms with E-state index in [9.17, 15) is 0 Å². The van der Waals surface area contributed by atoms with Crippen LogP contribution in [0.5, 0.6) is 0 Å². The number of aryl methyl sites for hydroxylation is 1. The number of hydrogen-bond acceptors (Lipinski definition) is 1. The Morgan fingerprint density at radius 2 is 1.06 bits per heavy atom. The van der Waals surface area contributed by atoms with Crippen molar-refractivity contribution in [1.29, 1.82) is 0 Å². The molecule has 1 atom stereocenters. The first-order valence-electron chi connectivity index (χ1n) is 24.9. The Bertz CT molecular complexity index is 3170. The van der Waals surface area contributed by atoms with Gasteiger partial charge in [0.05, 0.1) is 5.41 Å². The smallest absolute Gasteiger partial charge is 0.0713 e. The SMILES string of the molecule is C=C/C=C(\CCN(c1cccc(-c2ccc3c(c2)-c2ccccc2C3(c2ccccc2)c2ccccc2)c1)c1cccc(-c2cccc(C)c2-c2ccccc2C(C)CC)c1)c1ccccc1.CC. The zero-order chi connectivity index (χ0) is 47.7. The summed E-state index contributed by atoms with van der Waals surface area (Å²) < 4.78 is 0. The second-order valence-electron chi connectivity index (χ2n) is 18.0. The zero-order valence-electron chi connectivity index (χ0n) is 40.9. The van der Waals surface area contributed by atoms with Crippen LogP contribution in [0, 0.1) is 6.92 Å². The molecule has 1 unspecified atom stereocenters. The van der Waals surface area contributed by atoms with E-state index in [1.54, 1.807) is 0 Å². The normalized spacial score (nSPS) is 12.8. The lowest BCUT2D eigenvalue weighted by Gasteiger charge is -2.33. The first-order valence-corrected chi connectivity index (χ1v) is 24.9. The fourth-order valence-corrected chi connectivity index (χ4v) is 10.7. The first kappa shape index (κ1) is 46.4. The fraction of sp³-hybridized carbons (Fsp3) is 0.147. The van der Waals surface area contributed by atoms with Crippen molar-refractivity contribution in [2.45, 2.75) is 58.8 Å². The molecular formula is C68H63N. The molecule has 0 saturated carbocycles. The molecule has 0 aliphatic heterocycles. The van der Waals surface area contributed by atoms with Crippen molar-refractivity contribution < 1.29 is 0 Å². The predicted octanol–water partition coefficient (Wildman–Crippen LogP) is 18.7. The second kappa shape index (κ2) is 21.1. The number of anilines is 2. The van der Waals surface area contributed by atoms with Crippen molar-refractivity contribution in [2.75, 3.05) is 11.4 Å². The number of fused-ring (bicyclic) bond motifs is 3. The van der Waals surface area contributed by atoms with E-state index in [4.69, 9.17) is 0 Å². The van der Waals surface area contributed by atoms with E-state index in [2.05, 4.69) is 263 Å². The molecule has 0 aromatic heterocycles. The minimum atomic E-state index is -0.431. The van der Waals surface area contributed by atoms with Crippen molar-refractivity contribution in [3.05, 3.63) is 282 Å². The molecule has 0 amide bonds. The molecule has 0 spiro atoms. The number of rotatable bonds is 14. The van der Waals surface area contributed by atoms with Gasteiger partial charge in [0.1, 0.15) is 0 Å². The van der Waals surface area contributed by atoms with Crippen LogP contribution in [-0.2, 0) is 5.41 Å². The van der Waals surface area contributed by atoms with E-state index in [1.165, 1.54) is 89.0 Å². The van der Waals surface area contributed by atoms with Crippen LogP contribution in [0.15, 0.2) is 243 Å². The van der Waals surface area contributed by atoms with E-state index in [0.29, 0.717) is 5.92 Å². The van der Waals surface area contributed by atoms with Gasteiger partial charge in [-0.3, -0.25) is 0 Å². The summed E-state index contributed by atoms with van der Waals surface area (Å²) >= 11 is 0. The summed E-state index contributed by atoms with van der Waals surface area (Å²) in [5, 5.41) is 0. The van der Waals surface area contributed by atoms with Crippen molar-refractivity contribution in [3.63, 3.8) is 0 Å². The molecule has 9 aromatic rings. The highest BCUT2D eigenvalue weighted by atomic mass is 15.1. The molecule has 0 saturated heterocycles. The fourth-order valence-electron chi connectivity index (χ4n) is 10.7. The van der Waals surface area contributed by atoms with Crippen molar-refractivity contribution >= 4 is 16.9 Å². The van der Waals surface area contributed by atoms with E-state index in [0.717, 1.165) is 30.8 Å². The van der Waals surface area contributed by atoms with Gasteiger partial charge in [-0.15, -0.1) is 0 Å². The Hall–Kier alpha value is -7.74. The number of hydrogen-bond donors (Lipinski definition) is 0. The molecule has 1 heteroatoms. The third-order valence-electron chi connectivity index (χ3n) is 14.1. The molecule has 10 rings (SSSR count). The molecule has 1 aliphatic carbocycles. The van der Waals surface area contributed by atoms with Gasteiger partial charge in [0, 0.05) is 17.9 Å². The van der Waals surface area contributed by atoms with E-state index < -0.39 is 5.41 Å². The summed E-state index contributed by atoms with van der Waals surface area (Å²) in [7, 11) is 0. The summed E-state index contributed by atoms with van der Waals surface area (Å²) in [6.07, 6.45) is 6.01. The molecule has 0 N–H and O–H groups in total. The largest absolute Gasteiger partial charge is 0.341 e. The lowest BCUT2D eigenvalue weighted by atomic mass is 9.67. The topological polar surface area (TPSA) is 3.24 Å². The van der Waals surface area contributed by atoms with E-state index in [-0.39, 0.29) is 0 Å². The van der Waals surface area contributed by atoms with Gasteiger partial charge in [-0.1, -0.05) is 241 Å². The second-order valence-corrected chi connectivity index (χ2v) is 18.0. The van der Waals surface area contributed by atoms with Crippen LogP contribution in [-0.4, -0.2) is 6.54 Å². The highest BCUT2D eigenvalue weighted by Gasteiger charge is 2.46. The maximum absolute atomic E-state index is 4.11. The van der Waals surface area contributed by atoms with Gasteiger partial charge in [-0.05, 0) is 145 Å². The monoisotopic (exact) mass is 893 g/mol. The molecule has 0 heterocycles. The minimum absolute atomic E-state index is 0.431. The van der Waals surface area contributed by atoms with E-state index >= 15 is 0 Å². The van der Waals surface area contributed by atoms with Crippen LogP contribution in [0.25, 0.3) is 50.1 Å². The van der Waals surface area contributed by atoms with Crippen LogP contribution >= 0.6 is 0 Å². The summed E-state index contributed by atoms with van der Waals surface area (Å²) in [5.41, 5.74) is 22.3.